The molecule has 1 aliphatic heterocycles. The molecule has 1 amide bonds. The Morgan fingerprint density at radius 2 is 2.09 bits per heavy atom. The number of thiophene rings is 1. The lowest BCUT2D eigenvalue weighted by Crippen LogP contribution is -2.38. The van der Waals surface area contributed by atoms with Gasteiger partial charge in [0.25, 0.3) is 5.91 Å². The van der Waals surface area contributed by atoms with Crippen molar-refractivity contribution in [2.24, 2.45) is 0 Å². The van der Waals surface area contributed by atoms with Crippen LogP contribution in [0.1, 0.15) is 40.1 Å². The van der Waals surface area contributed by atoms with Crippen LogP contribution in [0.25, 0.3) is 5.00 Å². The standard InChI is InChI=1S/C20H22N6O4S2/c1-30-16-8-7-13(11-15(16)26-9-2-3-10-32(26,28)29)22-19(27)18-14-5-4-6-17(14)31-20(18)25-12-21-23-24-25/h7-8,11-12H,2-6,9-10H2,1H3,(H,22,27). The van der Waals surface area contributed by atoms with E-state index in [0.29, 0.717) is 40.7 Å². The van der Waals surface area contributed by atoms with E-state index >= 15 is 0 Å². The first-order valence-electron chi connectivity index (χ1n) is 10.4. The molecule has 0 spiro atoms. The Kier molecular flexibility index (Phi) is 5.33. The van der Waals surface area contributed by atoms with E-state index in [0.717, 1.165) is 31.2 Å². The average Bonchev–Trinajstić information content (AvgIpc) is 3.50. The lowest BCUT2D eigenvalue weighted by molar-refractivity contribution is 0.102. The number of hydrogen-bond acceptors (Lipinski definition) is 8. The summed E-state index contributed by atoms with van der Waals surface area (Å²) in [7, 11) is -1.92. The molecule has 1 fully saturated rings. The normalized spacial score (nSPS) is 17.2. The zero-order valence-corrected chi connectivity index (χ0v) is 19.1. The molecule has 1 saturated heterocycles. The van der Waals surface area contributed by atoms with Crippen LogP contribution in [0.4, 0.5) is 11.4 Å². The van der Waals surface area contributed by atoms with E-state index < -0.39 is 10.0 Å². The van der Waals surface area contributed by atoms with Crippen LogP contribution in [0, 0.1) is 0 Å². The molecule has 3 heterocycles. The van der Waals surface area contributed by atoms with E-state index in [1.807, 2.05) is 0 Å². The van der Waals surface area contributed by atoms with Gasteiger partial charge in [-0.15, -0.1) is 16.4 Å². The molecule has 0 atom stereocenters. The van der Waals surface area contributed by atoms with Gasteiger partial charge in [-0.05, 0) is 66.3 Å². The summed E-state index contributed by atoms with van der Waals surface area (Å²) in [5.74, 6) is 0.273. The highest BCUT2D eigenvalue weighted by atomic mass is 32.2. The smallest absolute Gasteiger partial charge is 0.259 e. The zero-order valence-electron chi connectivity index (χ0n) is 17.4. The summed E-state index contributed by atoms with van der Waals surface area (Å²) < 4.78 is 33.6. The summed E-state index contributed by atoms with van der Waals surface area (Å²) in [5.41, 5.74) is 2.52. The van der Waals surface area contributed by atoms with Crippen LogP contribution in [-0.4, -0.2) is 53.9 Å². The predicted molar refractivity (Wildman–Crippen MR) is 120 cm³/mol. The van der Waals surface area contributed by atoms with Crippen molar-refractivity contribution >= 4 is 38.6 Å². The number of amides is 1. The molecule has 32 heavy (non-hydrogen) atoms. The molecule has 168 valence electrons. The van der Waals surface area contributed by atoms with Crippen LogP contribution < -0.4 is 14.4 Å². The molecule has 0 radical (unpaired) electrons. The van der Waals surface area contributed by atoms with Crippen molar-refractivity contribution in [2.75, 3.05) is 29.0 Å². The monoisotopic (exact) mass is 474 g/mol. The summed E-state index contributed by atoms with van der Waals surface area (Å²) in [5, 5.41) is 15.0. The van der Waals surface area contributed by atoms with Gasteiger partial charge in [0.15, 0.2) is 0 Å². The molecule has 0 bridgehead atoms. The quantitative estimate of drug-likeness (QED) is 0.603. The summed E-state index contributed by atoms with van der Waals surface area (Å²) in [6.45, 7) is 0.386. The number of benzene rings is 1. The zero-order chi connectivity index (χ0) is 22.3. The lowest BCUT2D eigenvalue weighted by atomic mass is 10.1. The fourth-order valence-electron chi connectivity index (χ4n) is 4.26. The maximum atomic E-state index is 13.4. The number of aryl methyl sites for hydroxylation is 1. The first kappa shape index (κ1) is 20.9. The molecule has 2 aliphatic rings. The van der Waals surface area contributed by atoms with Crippen LogP contribution in [-0.2, 0) is 22.9 Å². The Balaban J connectivity index is 1.50. The highest BCUT2D eigenvalue weighted by Gasteiger charge is 2.30. The summed E-state index contributed by atoms with van der Waals surface area (Å²) in [6.07, 6.45) is 5.66. The second-order valence-corrected chi connectivity index (χ2v) is 10.8. The summed E-state index contributed by atoms with van der Waals surface area (Å²) >= 11 is 1.53. The third kappa shape index (κ3) is 3.62. The SMILES string of the molecule is COc1ccc(NC(=O)c2c(-n3cnnn3)sc3c2CCC3)cc1N1CCCCS1(=O)=O. The minimum absolute atomic E-state index is 0.100. The van der Waals surface area contributed by atoms with Gasteiger partial charge in [0.2, 0.25) is 10.0 Å². The lowest BCUT2D eigenvalue weighted by Gasteiger charge is -2.29. The number of aromatic nitrogens is 4. The minimum Gasteiger partial charge on any atom is -0.495 e. The second kappa shape index (κ2) is 8.17. The minimum atomic E-state index is -3.43. The third-order valence-corrected chi connectivity index (χ3v) is 8.88. The molecule has 2 aromatic heterocycles. The van der Waals surface area contributed by atoms with Gasteiger partial charge < -0.3 is 10.1 Å². The van der Waals surface area contributed by atoms with Gasteiger partial charge in [0.1, 0.15) is 17.1 Å². The molecule has 3 aromatic rings. The summed E-state index contributed by atoms with van der Waals surface area (Å²) in [6, 6.07) is 5.04. The molecule has 1 N–H and O–H groups in total. The number of rotatable bonds is 5. The number of carbonyl (C=O) groups excluding carboxylic acids is 1. The van der Waals surface area contributed by atoms with E-state index in [4.69, 9.17) is 4.74 Å². The molecular weight excluding hydrogens is 452 g/mol. The van der Waals surface area contributed by atoms with E-state index in [-0.39, 0.29) is 11.7 Å². The maximum Gasteiger partial charge on any atom is 0.259 e. The van der Waals surface area contributed by atoms with Crippen LogP contribution >= 0.6 is 11.3 Å². The van der Waals surface area contributed by atoms with Gasteiger partial charge in [-0.25, -0.2) is 8.42 Å². The molecule has 10 nitrogen and oxygen atoms in total. The van der Waals surface area contributed by atoms with Crippen LogP contribution in [0.15, 0.2) is 24.5 Å². The Morgan fingerprint density at radius 3 is 2.84 bits per heavy atom. The molecule has 0 unspecified atom stereocenters. The Hall–Kier alpha value is -2.99. The van der Waals surface area contributed by atoms with Crippen LogP contribution in [0.5, 0.6) is 5.75 Å². The van der Waals surface area contributed by atoms with Crippen molar-refractivity contribution in [3.8, 4) is 10.8 Å². The van der Waals surface area contributed by atoms with Crippen molar-refractivity contribution in [1.82, 2.24) is 20.2 Å². The molecule has 0 saturated carbocycles. The fourth-order valence-corrected chi connectivity index (χ4v) is 7.20. The first-order valence-corrected chi connectivity index (χ1v) is 12.8. The van der Waals surface area contributed by atoms with E-state index in [2.05, 4.69) is 20.8 Å². The number of sulfonamides is 1. The van der Waals surface area contributed by atoms with Crippen molar-refractivity contribution in [1.29, 1.82) is 0 Å². The Bertz CT molecular complexity index is 1270. The van der Waals surface area contributed by atoms with Crippen molar-refractivity contribution < 1.29 is 17.9 Å². The van der Waals surface area contributed by atoms with E-state index in [1.54, 1.807) is 18.2 Å². The van der Waals surface area contributed by atoms with Crippen LogP contribution in [0.2, 0.25) is 0 Å². The largest absolute Gasteiger partial charge is 0.495 e. The number of fused-ring (bicyclic) bond motifs is 1. The Morgan fingerprint density at radius 1 is 1.22 bits per heavy atom. The first-order chi connectivity index (χ1) is 15.5. The van der Waals surface area contributed by atoms with Gasteiger partial charge in [-0.1, -0.05) is 0 Å². The van der Waals surface area contributed by atoms with E-state index in [1.165, 1.54) is 38.6 Å². The number of methoxy groups -OCH3 is 1. The maximum absolute atomic E-state index is 13.4. The van der Waals surface area contributed by atoms with Gasteiger partial charge in [-0.3, -0.25) is 9.10 Å². The number of hydrogen-bond donors (Lipinski definition) is 1. The highest BCUT2D eigenvalue weighted by Crippen LogP contribution is 2.39. The predicted octanol–water partition coefficient (Wildman–Crippen LogP) is 2.40. The third-order valence-electron chi connectivity index (χ3n) is 5.74. The van der Waals surface area contributed by atoms with Crippen LogP contribution in [0.3, 0.4) is 0 Å². The second-order valence-electron chi connectivity index (χ2n) is 7.73. The molecule has 1 aliphatic carbocycles. The highest BCUT2D eigenvalue weighted by molar-refractivity contribution is 7.92. The molecular formula is C20H22N6O4S2. The molecule has 5 rings (SSSR count). The topological polar surface area (TPSA) is 119 Å². The number of anilines is 2. The van der Waals surface area contributed by atoms with Crippen molar-refractivity contribution in [3.05, 3.63) is 40.5 Å². The molecule has 12 heteroatoms. The van der Waals surface area contributed by atoms with Crippen molar-refractivity contribution in [2.45, 2.75) is 32.1 Å². The van der Waals surface area contributed by atoms with Gasteiger partial charge in [0.05, 0.1) is 24.1 Å². The summed E-state index contributed by atoms with van der Waals surface area (Å²) in [4.78, 5) is 14.5. The fraction of sp³-hybridized carbons (Fsp3) is 0.400. The van der Waals surface area contributed by atoms with Gasteiger partial charge in [-0.2, -0.15) is 4.68 Å². The number of ether oxygens (including phenoxy) is 1. The number of nitrogens with one attached hydrogen (secondary N) is 1. The number of carbonyl (C=O) groups is 1. The number of tetrazole rings is 1. The number of nitrogens with zero attached hydrogens (tertiary/aromatic N) is 5. The van der Waals surface area contributed by atoms with E-state index in [9.17, 15) is 13.2 Å². The van der Waals surface area contributed by atoms with Gasteiger partial charge >= 0.3 is 0 Å². The average molecular weight is 475 g/mol. The molecule has 1 aromatic carbocycles. The van der Waals surface area contributed by atoms with Gasteiger partial charge in [0, 0.05) is 17.1 Å². The van der Waals surface area contributed by atoms with Crippen molar-refractivity contribution in [3.63, 3.8) is 0 Å². The Labute approximate surface area is 189 Å².